The molecule has 0 saturated carbocycles. The number of aromatic nitrogens is 1. The van der Waals surface area contributed by atoms with Gasteiger partial charge in [-0.05, 0) is 44.6 Å². The number of nitrogens with one attached hydrogen (secondary N) is 1. The molecule has 1 heterocycles. The lowest BCUT2D eigenvalue weighted by atomic mass is 10.0. The molecule has 3 nitrogen and oxygen atoms in total. The van der Waals surface area contributed by atoms with Gasteiger partial charge in [0.2, 0.25) is 0 Å². The summed E-state index contributed by atoms with van der Waals surface area (Å²) in [5.41, 5.74) is 5.97. The van der Waals surface area contributed by atoms with Crippen LogP contribution in [0.15, 0.2) is 29.8 Å². The van der Waals surface area contributed by atoms with Gasteiger partial charge in [0.15, 0.2) is 0 Å². The summed E-state index contributed by atoms with van der Waals surface area (Å²) in [5, 5.41) is 3.40. The van der Waals surface area contributed by atoms with Crippen LogP contribution in [-0.2, 0) is 19.5 Å². The predicted molar refractivity (Wildman–Crippen MR) is 90.7 cm³/mol. The van der Waals surface area contributed by atoms with E-state index in [2.05, 4.69) is 60.4 Å². The Hall–Kier alpha value is -1.23. The topological polar surface area (TPSA) is 28.2 Å². The van der Waals surface area contributed by atoms with Gasteiger partial charge in [0.25, 0.3) is 0 Å². The van der Waals surface area contributed by atoms with Crippen LogP contribution in [-0.4, -0.2) is 30.0 Å². The first-order chi connectivity index (χ1) is 10.2. The van der Waals surface area contributed by atoms with Crippen LogP contribution in [0, 0.1) is 6.92 Å². The van der Waals surface area contributed by atoms with Crippen molar-refractivity contribution in [2.24, 2.45) is 0 Å². The van der Waals surface area contributed by atoms with Crippen molar-refractivity contribution in [3.05, 3.63) is 51.5 Å². The van der Waals surface area contributed by atoms with E-state index in [1.807, 2.05) is 5.51 Å². The number of hydrogen-bond acceptors (Lipinski definition) is 4. The molecule has 1 N–H and O–H groups in total. The first kappa shape index (κ1) is 16.1. The minimum absolute atomic E-state index is 0.970. The second kappa shape index (κ2) is 8.27. The lowest BCUT2D eigenvalue weighted by molar-refractivity contribution is 0.320. The minimum atomic E-state index is 0.970. The van der Waals surface area contributed by atoms with Crippen LogP contribution >= 0.6 is 11.3 Å². The largest absolute Gasteiger partial charge is 0.317 e. The zero-order chi connectivity index (χ0) is 15.1. The molecule has 1 aromatic carbocycles. The molecule has 1 aromatic heterocycles. The van der Waals surface area contributed by atoms with Crippen LogP contribution in [0.1, 0.15) is 28.6 Å². The normalized spacial score (nSPS) is 11.2. The van der Waals surface area contributed by atoms with Crippen molar-refractivity contribution >= 4 is 11.3 Å². The summed E-state index contributed by atoms with van der Waals surface area (Å²) in [4.78, 5) is 8.06. The first-order valence-corrected chi connectivity index (χ1v) is 8.43. The van der Waals surface area contributed by atoms with E-state index in [1.54, 1.807) is 11.3 Å². The van der Waals surface area contributed by atoms with E-state index in [1.165, 1.54) is 16.0 Å². The van der Waals surface area contributed by atoms with Crippen LogP contribution in [0.5, 0.6) is 0 Å². The molecule has 0 atom stereocenters. The van der Waals surface area contributed by atoms with Crippen molar-refractivity contribution < 1.29 is 0 Å². The van der Waals surface area contributed by atoms with Gasteiger partial charge >= 0.3 is 0 Å². The fourth-order valence-corrected chi connectivity index (χ4v) is 3.28. The molecule has 4 heteroatoms. The Morgan fingerprint density at radius 2 is 1.95 bits per heavy atom. The molecule has 0 fully saturated rings. The third-order valence-corrected chi connectivity index (χ3v) is 4.56. The van der Waals surface area contributed by atoms with E-state index in [0.29, 0.717) is 0 Å². The first-order valence-electron chi connectivity index (χ1n) is 7.55. The van der Waals surface area contributed by atoms with E-state index in [9.17, 15) is 0 Å². The van der Waals surface area contributed by atoms with E-state index in [4.69, 9.17) is 0 Å². The number of thiazole rings is 1. The maximum absolute atomic E-state index is 4.33. The van der Waals surface area contributed by atoms with Gasteiger partial charge in [-0.2, -0.15) is 0 Å². The third kappa shape index (κ3) is 4.92. The van der Waals surface area contributed by atoms with Crippen molar-refractivity contribution in [1.82, 2.24) is 15.2 Å². The Bertz CT molecular complexity index is 550. The van der Waals surface area contributed by atoms with Gasteiger partial charge in [0, 0.05) is 18.0 Å². The second-order valence-electron chi connectivity index (χ2n) is 5.41. The van der Waals surface area contributed by atoms with Crippen molar-refractivity contribution in [2.75, 3.05) is 20.1 Å². The maximum Gasteiger partial charge on any atom is 0.0798 e. The SMILES string of the molecule is CCNCCc1ccccc1CN(C)Cc1scnc1C. The maximum atomic E-state index is 4.33. The van der Waals surface area contributed by atoms with Crippen LogP contribution in [0.2, 0.25) is 0 Å². The molecule has 0 unspecified atom stereocenters. The van der Waals surface area contributed by atoms with Gasteiger partial charge in [0.1, 0.15) is 0 Å². The highest BCUT2D eigenvalue weighted by molar-refractivity contribution is 7.09. The van der Waals surface area contributed by atoms with Gasteiger partial charge < -0.3 is 5.32 Å². The van der Waals surface area contributed by atoms with E-state index < -0.39 is 0 Å². The zero-order valence-corrected chi connectivity index (χ0v) is 14.0. The molecule has 0 aliphatic rings. The molecule has 21 heavy (non-hydrogen) atoms. The summed E-state index contributed by atoms with van der Waals surface area (Å²) in [6.45, 7) is 8.27. The molecule has 0 aliphatic carbocycles. The van der Waals surface area contributed by atoms with Gasteiger partial charge in [-0.25, -0.2) is 4.98 Å². The summed E-state index contributed by atoms with van der Waals surface area (Å²) in [6.07, 6.45) is 1.09. The summed E-state index contributed by atoms with van der Waals surface area (Å²) in [5.74, 6) is 0. The third-order valence-electron chi connectivity index (χ3n) is 3.64. The van der Waals surface area contributed by atoms with Gasteiger partial charge in [0.05, 0.1) is 11.2 Å². The fourth-order valence-electron chi connectivity index (χ4n) is 2.43. The van der Waals surface area contributed by atoms with Gasteiger partial charge in [-0.1, -0.05) is 31.2 Å². The highest BCUT2D eigenvalue weighted by atomic mass is 32.1. The molecule has 0 aliphatic heterocycles. The lowest BCUT2D eigenvalue weighted by Gasteiger charge is -2.18. The number of rotatable bonds is 8. The van der Waals surface area contributed by atoms with Crippen LogP contribution in [0.4, 0.5) is 0 Å². The van der Waals surface area contributed by atoms with Crippen LogP contribution in [0.3, 0.4) is 0 Å². The number of hydrogen-bond donors (Lipinski definition) is 1. The number of benzene rings is 1. The average molecular weight is 303 g/mol. The molecule has 0 spiro atoms. The molecular formula is C17H25N3S. The molecule has 2 aromatic rings. The monoisotopic (exact) mass is 303 g/mol. The molecule has 2 rings (SSSR count). The van der Waals surface area contributed by atoms with Gasteiger partial charge in [-0.3, -0.25) is 4.90 Å². The Morgan fingerprint density at radius 1 is 1.19 bits per heavy atom. The molecule has 0 amide bonds. The molecule has 0 radical (unpaired) electrons. The second-order valence-corrected chi connectivity index (χ2v) is 6.34. The van der Waals surface area contributed by atoms with Crippen molar-refractivity contribution in [2.45, 2.75) is 33.4 Å². The van der Waals surface area contributed by atoms with Crippen LogP contribution in [0.25, 0.3) is 0 Å². The summed E-state index contributed by atoms with van der Waals surface area (Å²) >= 11 is 1.75. The Kier molecular flexibility index (Phi) is 6.36. The average Bonchev–Trinajstić information content (AvgIpc) is 2.86. The quantitative estimate of drug-likeness (QED) is 0.759. The molecule has 0 bridgehead atoms. The lowest BCUT2D eigenvalue weighted by Crippen LogP contribution is -2.20. The molecule has 114 valence electrons. The summed E-state index contributed by atoms with van der Waals surface area (Å²) in [7, 11) is 2.18. The van der Waals surface area contributed by atoms with Crippen molar-refractivity contribution in [1.29, 1.82) is 0 Å². The van der Waals surface area contributed by atoms with Crippen molar-refractivity contribution in [3.8, 4) is 0 Å². The van der Waals surface area contributed by atoms with E-state index in [0.717, 1.165) is 38.3 Å². The smallest absolute Gasteiger partial charge is 0.0798 e. The molecule has 0 saturated heterocycles. The highest BCUT2D eigenvalue weighted by Gasteiger charge is 2.08. The predicted octanol–water partition coefficient (Wildman–Crippen LogP) is 3.24. The summed E-state index contributed by atoms with van der Waals surface area (Å²) < 4.78 is 0. The fraction of sp³-hybridized carbons (Fsp3) is 0.471. The Balaban J connectivity index is 1.96. The Labute approximate surface area is 132 Å². The van der Waals surface area contributed by atoms with Crippen molar-refractivity contribution in [3.63, 3.8) is 0 Å². The standard InChI is InChI=1S/C17H25N3S/c1-4-18-10-9-15-7-5-6-8-16(15)11-20(3)12-17-14(2)19-13-21-17/h5-8,13,18H,4,9-12H2,1-3H3. The van der Waals surface area contributed by atoms with E-state index in [-0.39, 0.29) is 0 Å². The number of aryl methyl sites for hydroxylation is 1. The number of nitrogens with zero attached hydrogens (tertiary/aromatic N) is 2. The minimum Gasteiger partial charge on any atom is -0.317 e. The van der Waals surface area contributed by atoms with E-state index >= 15 is 0 Å². The summed E-state index contributed by atoms with van der Waals surface area (Å²) in [6, 6.07) is 8.77. The molecular weight excluding hydrogens is 278 g/mol. The van der Waals surface area contributed by atoms with Gasteiger partial charge in [-0.15, -0.1) is 11.3 Å². The zero-order valence-electron chi connectivity index (χ0n) is 13.2. The highest BCUT2D eigenvalue weighted by Crippen LogP contribution is 2.17. The number of likely N-dealkylation sites (N-methyl/N-ethyl adjacent to an activating group) is 1. The van der Waals surface area contributed by atoms with Crippen LogP contribution < -0.4 is 5.32 Å². The Morgan fingerprint density at radius 3 is 2.62 bits per heavy atom.